The monoisotopic (exact) mass is 379 g/mol. The first kappa shape index (κ1) is 19.5. The SMILES string of the molecule is COc1cc(C(=O)Nc2cc(CCc3ccccc3C)[nH]n2)cc(OC)c1C. The number of ether oxygens (including phenoxy) is 2. The number of amides is 1. The smallest absolute Gasteiger partial charge is 0.257 e. The predicted octanol–water partition coefficient (Wildman–Crippen LogP) is 4.08. The van der Waals surface area contributed by atoms with Crippen LogP contribution in [0.5, 0.6) is 11.5 Å². The highest BCUT2D eigenvalue weighted by Crippen LogP contribution is 2.29. The molecule has 0 atom stereocenters. The molecular formula is C22H25N3O3. The van der Waals surface area contributed by atoms with E-state index in [9.17, 15) is 4.79 Å². The number of nitrogens with zero attached hydrogens (tertiary/aromatic N) is 1. The molecule has 1 amide bonds. The Morgan fingerprint density at radius 3 is 2.36 bits per heavy atom. The van der Waals surface area contributed by atoms with Crippen LogP contribution in [-0.2, 0) is 12.8 Å². The number of aryl methyl sites for hydroxylation is 3. The lowest BCUT2D eigenvalue weighted by Crippen LogP contribution is -2.13. The van der Waals surface area contributed by atoms with Gasteiger partial charge in [-0.3, -0.25) is 9.89 Å². The van der Waals surface area contributed by atoms with Gasteiger partial charge in [0.15, 0.2) is 5.82 Å². The van der Waals surface area contributed by atoms with Gasteiger partial charge in [-0.05, 0) is 49.9 Å². The fourth-order valence-electron chi connectivity index (χ4n) is 3.12. The van der Waals surface area contributed by atoms with E-state index in [0.29, 0.717) is 22.9 Å². The summed E-state index contributed by atoms with van der Waals surface area (Å²) in [5, 5.41) is 10.0. The maximum absolute atomic E-state index is 12.6. The highest BCUT2D eigenvalue weighted by atomic mass is 16.5. The summed E-state index contributed by atoms with van der Waals surface area (Å²) in [4.78, 5) is 12.6. The third-order valence-electron chi connectivity index (χ3n) is 4.81. The van der Waals surface area contributed by atoms with Gasteiger partial charge in [0, 0.05) is 22.9 Å². The third kappa shape index (κ3) is 4.34. The van der Waals surface area contributed by atoms with E-state index in [4.69, 9.17) is 9.47 Å². The zero-order valence-corrected chi connectivity index (χ0v) is 16.6. The average molecular weight is 379 g/mol. The van der Waals surface area contributed by atoms with Crippen molar-refractivity contribution in [1.29, 1.82) is 0 Å². The van der Waals surface area contributed by atoms with Gasteiger partial charge in [0.2, 0.25) is 0 Å². The minimum Gasteiger partial charge on any atom is -0.496 e. The number of carbonyl (C=O) groups excluding carboxylic acids is 1. The number of hydrogen-bond donors (Lipinski definition) is 2. The molecule has 0 saturated carbocycles. The van der Waals surface area contributed by atoms with E-state index in [0.717, 1.165) is 24.1 Å². The number of nitrogens with one attached hydrogen (secondary N) is 2. The second-order valence-corrected chi connectivity index (χ2v) is 6.66. The lowest BCUT2D eigenvalue weighted by Gasteiger charge is -2.12. The molecule has 1 aromatic heterocycles. The lowest BCUT2D eigenvalue weighted by molar-refractivity contribution is 0.102. The zero-order chi connectivity index (χ0) is 20.1. The lowest BCUT2D eigenvalue weighted by atomic mass is 10.0. The third-order valence-corrected chi connectivity index (χ3v) is 4.81. The van der Waals surface area contributed by atoms with Crippen molar-refractivity contribution in [1.82, 2.24) is 10.2 Å². The molecule has 0 aliphatic heterocycles. The van der Waals surface area contributed by atoms with Gasteiger partial charge in [0.05, 0.1) is 14.2 Å². The maximum Gasteiger partial charge on any atom is 0.257 e. The van der Waals surface area contributed by atoms with Crippen LogP contribution in [0.15, 0.2) is 42.5 Å². The van der Waals surface area contributed by atoms with Gasteiger partial charge in [0.25, 0.3) is 5.91 Å². The van der Waals surface area contributed by atoms with Crippen molar-refractivity contribution < 1.29 is 14.3 Å². The Morgan fingerprint density at radius 1 is 1.04 bits per heavy atom. The molecule has 0 saturated heterocycles. The Labute approximate surface area is 164 Å². The second kappa shape index (κ2) is 8.61. The summed E-state index contributed by atoms with van der Waals surface area (Å²) < 4.78 is 10.7. The Bertz CT molecular complexity index is 954. The van der Waals surface area contributed by atoms with Gasteiger partial charge < -0.3 is 14.8 Å². The van der Waals surface area contributed by atoms with Gasteiger partial charge in [-0.25, -0.2) is 0 Å². The van der Waals surface area contributed by atoms with Crippen molar-refractivity contribution in [2.75, 3.05) is 19.5 Å². The van der Waals surface area contributed by atoms with E-state index in [2.05, 4.69) is 34.6 Å². The second-order valence-electron chi connectivity index (χ2n) is 6.66. The van der Waals surface area contributed by atoms with Crippen molar-refractivity contribution >= 4 is 11.7 Å². The summed E-state index contributed by atoms with van der Waals surface area (Å²) in [6.45, 7) is 3.99. The Morgan fingerprint density at radius 2 is 1.71 bits per heavy atom. The van der Waals surface area contributed by atoms with Crippen molar-refractivity contribution in [2.45, 2.75) is 26.7 Å². The molecule has 2 aromatic carbocycles. The highest BCUT2D eigenvalue weighted by Gasteiger charge is 2.15. The molecule has 6 heteroatoms. The van der Waals surface area contributed by atoms with Crippen LogP contribution >= 0.6 is 0 Å². The van der Waals surface area contributed by atoms with Crippen LogP contribution in [0.3, 0.4) is 0 Å². The summed E-state index contributed by atoms with van der Waals surface area (Å²) in [5.74, 6) is 1.42. The summed E-state index contributed by atoms with van der Waals surface area (Å²) in [7, 11) is 3.13. The molecule has 0 radical (unpaired) electrons. The van der Waals surface area contributed by atoms with Crippen LogP contribution in [0.2, 0.25) is 0 Å². The fourth-order valence-corrected chi connectivity index (χ4v) is 3.12. The molecule has 0 aliphatic rings. The number of rotatable bonds is 7. The quantitative estimate of drug-likeness (QED) is 0.648. The molecule has 3 aromatic rings. The molecule has 0 fully saturated rings. The van der Waals surface area contributed by atoms with E-state index in [1.54, 1.807) is 26.4 Å². The first-order valence-electron chi connectivity index (χ1n) is 9.14. The van der Waals surface area contributed by atoms with Gasteiger partial charge in [-0.1, -0.05) is 24.3 Å². The number of carbonyl (C=O) groups is 1. The molecule has 0 unspecified atom stereocenters. The van der Waals surface area contributed by atoms with Crippen molar-refractivity contribution in [2.24, 2.45) is 0 Å². The summed E-state index contributed by atoms with van der Waals surface area (Å²) in [6.07, 6.45) is 1.73. The largest absolute Gasteiger partial charge is 0.496 e. The molecule has 28 heavy (non-hydrogen) atoms. The maximum atomic E-state index is 12.6. The van der Waals surface area contributed by atoms with E-state index in [1.165, 1.54) is 11.1 Å². The number of hydrogen-bond acceptors (Lipinski definition) is 4. The van der Waals surface area contributed by atoms with Gasteiger partial charge in [-0.2, -0.15) is 5.10 Å². The van der Waals surface area contributed by atoms with Crippen LogP contribution in [-0.4, -0.2) is 30.3 Å². The van der Waals surface area contributed by atoms with E-state index < -0.39 is 0 Å². The number of aromatic amines is 1. The molecule has 0 aliphatic carbocycles. The molecule has 3 rings (SSSR count). The predicted molar refractivity (Wildman–Crippen MR) is 109 cm³/mol. The molecule has 2 N–H and O–H groups in total. The zero-order valence-electron chi connectivity index (χ0n) is 16.6. The number of benzene rings is 2. The van der Waals surface area contributed by atoms with Crippen LogP contribution in [0, 0.1) is 13.8 Å². The Kier molecular flexibility index (Phi) is 5.99. The minimum atomic E-state index is -0.270. The molecule has 0 spiro atoms. The number of anilines is 1. The van der Waals surface area contributed by atoms with Crippen LogP contribution in [0.25, 0.3) is 0 Å². The molecule has 1 heterocycles. The fraction of sp³-hybridized carbons (Fsp3) is 0.273. The number of methoxy groups -OCH3 is 2. The molecule has 146 valence electrons. The molecule has 0 bridgehead atoms. The first-order chi connectivity index (χ1) is 13.5. The standard InChI is InChI=1S/C22H25N3O3/c1-14-7-5-6-8-16(14)9-10-18-13-21(25-24-18)23-22(26)17-11-19(27-3)15(2)20(12-17)28-4/h5-8,11-13H,9-10H2,1-4H3,(H2,23,24,25,26). The number of H-pyrrole nitrogens is 1. The van der Waals surface area contributed by atoms with Crippen LogP contribution in [0.1, 0.15) is 32.7 Å². The van der Waals surface area contributed by atoms with Gasteiger partial charge in [-0.15, -0.1) is 0 Å². The van der Waals surface area contributed by atoms with Gasteiger partial charge >= 0.3 is 0 Å². The van der Waals surface area contributed by atoms with Crippen LogP contribution < -0.4 is 14.8 Å². The van der Waals surface area contributed by atoms with Gasteiger partial charge in [0.1, 0.15) is 11.5 Å². The summed E-state index contributed by atoms with van der Waals surface area (Å²) in [5.41, 5.74) is 4.85. The molecular weight excluding hydrogens is 354 g/mol. The van der Waals surface area contributed by atoms with Crippen molar-refractivity contribution in [3.05, 3.63) is 70.4 Å². The van der Waals surface area contributed by atoms with E-state index >= 15 is 0 Å². The normalized spacial score (nSPS) is 10.6. The first-order valence-corrected chi connectivity index (χ1v) is 9.14. The van der Waals surface area contributed by atoms with Crippen LogP contribution in [0.4, 0.5) is 5.82 Å². The number of aromatic nitrogens is 2. The van der Waals surface area contributed by atoms with Crippen molar-refractivity contribution in [3.63, 3.8) is 0 Å². The Hall–Kier alpha value is -3.28. The topological polar surface area (TPSA) is 76.2 Å². The van der Waals surface area contributed by atoms with E-state index in [1.807, 2.05) is 25.1 Å². The summed E-state index contributed by atoms with van der Waals surface area (Å²) >= 11 is 0. The average Bonchev–Trinajstić information content (AvgIpc) is 3.14. The summed E-state index contributed by atoms with van der Waals surface area (Å²) in [6, 6.07) is 13.6. The minimum absolute atomic E-state index is 0.270. The Balaban J connectivity index is 1.68. The van der Waals surface area contributed by atoms with E-state index in [-0.39, 0.29) is 5.91 Å². The van der Waals surface area contributed by atoms with Crippen molar-refractivity contribution in [3.8, 4) is 11.5 Å². The molecule has 6 nitrogen and oxygen atoms in total. The highest BCUT2D eigenvalue weighted by molar-refractivity contribution is 6.04.